The number of hydrogen-bond acceptors (Lipinski definition) is 5. The SMILES string of the molecule is Cl.Cl.O=C(CN1C2=CC=CCC2=NC1c1ccc([N+](=O)[O-])cc1)Nc1ccc(Cl)cc1. The lowest BCUT2D eigenvalue weighted by Gasteiger charge is -2.27. The molecular weight excluding hydrogens is 463 g/mol. The molecule has 2 aliphatic rings. The first kappa shape index (κ1) is 24.4. The van der Waals surface area contributed by atoms with Crippen molar-refractivity contribution < 1.29 is 9.72 Å². The Kier molecular flexibility index (Phi) is 8.21. The smallest absolute Gasteiger partial charge is 0.269 e. The molecule has 1 aliphatic heterocycles. The minimum absolute atomic E-state index is 0. The summed E-state index contributed by atoms with van der Waals surface area (Å²) in [4.78, 5) is 29.8. The molecule has 0 spiro atoms. The number of halogens is 3. The van der Waals surface area contributed by atoms with Crippen LogP contribution >= 0.6 is 36.4 Å². The fourth-order valence-electron chi connectivity index (χ4n) is 3.35. The van der Waals surface area contributed by atoms with Crippen LogP contribution in [0.25, 0.3) is 0 Å². The molecule has 2 aromatic rings. The first-order valence-corrected chi connectivity index (χ1v) is 9.39. The Bertz CT molecular complexity index is 1050. The number of non-ortho nitro benzene ring substituents is 1. The van der Waals surface area contributed by atoms with Gasteiger partial charge in [0.1, 0.15) is 6.17 Å². The second-order valence-corrected chi connectivity index (χ2v) is 7.10. The van der Waals surface area contributed by atoms with E-state index in [1.807, 2.05) is 23.1 Å². The molecular formula is C21H19Cl3N4O3. The first-order valence-electron chi connectivity index (χ1n) is 9.01. The largest absolute Gasteiger partial charge is 0.335 e. The number of nitro groups is 1. The van der Waals surface area contributed by atoms with E-state index in [-0.39, 0.29) is 43.0 Å². The van der Waals surface area contributed by atoms with Gasteiger partial charge in [0.15, 0.2) is 0 Å². The fourth-order valence-corrected chi connectivity index (χ4v) is 3.48. The molecule has 0 saturated heterocycles. The molecule has 7 nitrogen and oxygen atoms in total. The number of nitrogens with zero attached hydrogens (tertiary/aromatic N) is 3. The Hall–Kier alpha value is -2.87. The third kappa shape index (κ3) is 5.44. The lowest BCUT2D eigenvalue weighted by atomic mass is 10.1. The number of nitrogens with one attached hydrogen (secondary N) is 1. The van der Waals surface area contributed by atoms with Gasteiger partial charge in [-0.1, -0.05) is 23.8 Å². The highest BCUT2D eigenvalue weighted by molar-refractivity contribution is 6.30. The molecule has 1 amide bonds. The Balaban J connectivity index is 0.00000171. The predicted molar refractivity (Wildman–Crippen MR) is 126 cm³/mol. The normalized spacial score (nSPS) is 16.3. The number of fused-ring (bicyclic) bond motifs is 1. The van der Waals surface area contributed by atoms with Crippen LogP contribution < -0.4 is 5.32 Å². The summed E-state index contributed by atoms with van der Waals surface area (Å²) in [5, 5.41) is 14.4. The highest BCUT2D eigenvalue weighted by Gasteiger charge is 2.33. The number of amides is 1. The second kappa shape index (κ2) is 10.4. The zero-order chi connectivity index (χ0) is 20.4. The molecule has 1 unspecified atom stereocenters. The molecule has 162 valence electrons. The van der Waals surface area contributed by atoms with Crippen molar-refractivity contribution in [1.29, 1.82) is 0 Å². The van der Waals surface area contributed by atoms with E-state index in [2.05, 4.69) is 5.32 Å². The summed E-state index contributed by atoms with van der Waals surface area (Å²) in [5.41, 5.74) is 3.25. The number of allylic oxidation sites excluding steroid dienone is 4. The maximum Gasteiger partial charge on any atom is 0.269 e. The van der Waals surface area contributed by atoms with Crippen LogP contribution in [0.3, 0.4) is 0 Å². The van der Waals surface area contributed by atoms with E-state index in [1.165, 1.54) is 12.1 Å². The molecule has 1 N–H and O–H groups in total. The highest BCUT2D eigenvalue weighted by atomic mass is 35.5. The monoisotopic (exact) mass is 480 g/mol. The van der Waals surface area contributed by atoms with E-state index in [4.69, 9.17) is 16.6 Å². The third-order valence-corrected chi connectivity index (χ3v) is 4.98. The zero-order valence-corrected chi connectivity index (χ0v) is 18.5. The van der Waals surface area contributed by atoms with Gasteiger partial charge < -0.3 is 10.2 Å². The van der Waals surface area contributed by atoms with Gasteiger partial charge in [0.25, 0.3) is 5.69 Å². The van der Waals surface area contributed by atoms with Crippen molar-refractivity contribution in [1.82, 2.24) is 4.90 Å². The molecule has 1 heterocycles. The van der Waals surface area contributed by atoms with Crippen LogP contribution in [0.4, 0.5) is 11.4 Å². The highest BCUT2D eigenvalue weighted by Crippen LogP contribution is 2.36. The van der Waals surface area contributed by atoms with Crippen molar-refractivity contribution in [3.63, 3.8) is 0 Å². The first-order chi connectivity index (χ1) is 14.0. The average Bonchev–Trinajstić information content (AvgIpc) is 3.08. The lowest BCUT2D eigenvalue weighted by Crippen LogP contribution is -2.33. The van der Waals surface area contributed by atoms with Gasteiger partial charge in [0.05, 0.1) is 22.9 Å². The molecule has 0 radical (unpaired) electrons. The summed E-state index contributed by atoms with van der Waals surface area (Å²) in [6, 6.07) is 13.2. The lowest BCUT2D eigenvalue weighted by molar-refractivity contribution is -0.384. The van der Waals surface area contributed by atoms with Gasteiger partial charge in [-0.15, -0.1) is 24.8 Å². The number of benzene rings is 2. The van der Waals surface area contributed by atoms with Crippen LogP contribution in [-0.2, 0) is 4.79 Å². The Morgan fingerprint density at radius 1 is 1.16 bits per heavy atom. The van der Waals surface area contributed by atoms with Crippen LogP contribution in [0.2, 0.25) is 5.02 Å². The summed E-state index contributed by atoms with van der Waals surface area (Å²) < 4.78 is 0. The molecule has 0 saturated carbocycles. The van der Waals surface area contributed by atoms with Crippen LogP contribution in [0.1, 0.15) is 18.2 Å². The van der Waals surface area contributed by atoms with Crippen molar-refractivity contribution in [2.45, 2.75) is 12.6 Å². The van der Waals surface area contributed by atoms with Gasteiger partial charge in [-0.3, -0.25) is 19.9 Å². The van der Waals surface area contributed by atoms with Gasteiger partial charge >= 0.3 is 0 Å². The summed E-state index contributed by atoms with van der Waals surface area (Å²) in [7, 11) is 0. The van der Waals surface area contributed by atoms with Gasteiger partial charge in [0.2, 0.25) is 5.91 Å². The van der Waals surface area contributed by atoms with Gasteiger partial charge in [0, 0.05) is 29.3 Å². The molecule has 10 heteroatoms. The van der Waals surface area contributed by atoms with Crippen LogP contribution in [0.15, 0.2) is 77.4 Å². The summed E-state index contributed by atoms with van der Waals surface area (Å²) in [6.07, 6.45) is 6.16. The topological polar surface area (TPSA) is 87.8 Å². The summed E-state index contributed by atoms with van der Waals surface area (Å²) >= 11 is 5.89. The molecule has 4 rings (SSSR count). The number of carbonyl (C=O) groups excluding carboxylic acids is 1. The zero-order valence-electron chi connectivity index (χ0n) is 16.1. The van der Waals surface area contributed by atoms with Crippen molar-refractivity contribution >= 4 is 59.4 Å². The van der Waals surface area contributed by atoms with Crippen LogP contribution in [0, 0.1) is 10.1 Å². The second-order valence-electron chi connectivity index (χ2n) is 6.67. The van der Waals surface area contributed by atoms with Crippen LogP contribution in [-0.4, -0.2) is 28.0 Å². The number of hydrogen-bond donors (Lipinski definition) is 1. The molecule has 0 bridgehead atoms. The molecule has 1 aliphatic carbocycles. The predicted octanol–water partition coefficient (Wildman–Crippen LogP) is 5.33. The van der Waals surface area contributed by atoms with E-state index in [9.17, 15) is 14.9 Å². The minimum atomic E-state index is -0.437. The van der Waals surface area contributed by atoms with Crippen molar-refractivity contribution in [3.8, 4) is 0 Å². The van der Waals surface area contributed by atoms with Gasteiger partial charge in [-0.05, 0) is 48.0 Å². The minimum Gasteiger partial charge on any atom is -0.335 e. The van der Waals surface area contributed by atoms with Crippen LogP contribution in [0.5, 0.6) is 0 Å². The molecule has 2 aromatic carbocycles. The number of carbonyl (C=O) groups is 1. The van der Waals surface area contributed by atoms with Crippen molar-refractivity contribution in [2.24, 2.45) is 4.99 Å². The van der Waals surface area contributed by atoms with E-state index in [0.29, 0.717) is 17.1 Å². The van der Waals surface area contributed by atoms with Crippen molar-refractivity contribution in [2.75, 3.05) is 11.9 Å². The van der Waals surface area contributed by atoms with Gasteiger partial charge in [-0.2, -0.15) is 0 Å². The number of aliphatic imine (C=N–C) groups is 1. The molecule has 0 fully saturated rings. The fraction of sp³-hybridized carbons (Fsp3) is 0.143. The maximum atomic E-state index is 12.7. The summed E-state index contributed by atoms with van der Waals surface area (Å²) in [6.45, 7) is 0.0942. The molecule has 0 aromatic heterocycles. The van der Waals surface area contributed by atoms with Gasteiger partial charge in [-0.25, -0.2) is 0 Å². The molecule has 1 atom stereocenters. The Morgan fingerprint density at radius 3 is 2.48 bits per heavy atom. The Morgan fingerprint density at radius 2 is 1.84 bits per heavy atom. The van der Waals surface area contributed by atoms with E-state index < -0.39 is 11.1 Å². The van der Waals surface area contributed by atoms with E-state index in [1.54, 1.807) is 36.4 Å². The summed E-state index contributed by atoms with van der Waals surface area (Å²) in [5.74, 6) is -0.189. The van der Waals surface area contributed by atoms with E-state index >= 15 is 0 Å². The standard InChI is InChI=1S/C21H17ClN4O3.2ClH/c22-15-7-9-16(10-8-15)23-20(27)13-25-19-4-2-1-3-18(19)24-21(25)14-5-11-17(12-6-14)26(28)29;;/h1-2,4-12,21H,3,13H2,(H,23,27);2*1H. The molecule has 31 heavy (non-hydrogen) atoms. The maximum absolute atomic E-state index is 12.7. The van der Waals surface area contributed by atoms with E-state index in [0.717, 1.165) is 17.0 Å². The quantitative estimate of drug-likeness (QED) is 0.462. The van der Waals surface area contributed by atoms with Crippen molar-refractivity contribution in [3.05, 3.63) is 93.2 Å². The Labute approximate surface area is 196 Å². The average molecular weight is 482 g/mol. The number of nitro benzene ring substituents is 1. The third-order valence-electron chi connectivity index (χ3n) is 4.72. The number of rotatable bonds is 5. The number of anilines is 1.